The van der Waals surface area contributed by atoms with Gasteiger partial charge in [-0.1, -0.05) is 170 Å². The number of rotatable bonds is 8. The maximum absolute atomic E-state index is 11.4. The third kappa shape index (κ3) is 12.6. The molecule has 0 aliphatic heterocycles. The molecule has 7 aromatic rings. The Morgan fingerprint density at radius 1 is 0.490 bits per heavy atom. The topological polar surface area (TPSA) is 82.7 Å². The van der Waals surface area contributed by atoms with E-state index in [2.05, 4.69) is 136 Å². The first kappa shape index (κ1) is 40.8. The van der Waals surface area contributed by atoms with E-state index in [1.807, 2.05) is 84.0 Å². The fourth-order valence-corrected chi connectivity index (χ4v) is 9.79. The Bertz CT molecular complexity index is 1760. The number of carbonyl (C=O) groups excluding carboxylic acids is 2. The van der Waals surface area contributed by atoms with Crippen molar-refractivity contribution in [3.63, 3.8) is 0 Å². The van der Waals surface area contributed by atoms with Crippen LogP contribution in [0.15, 0.2) is 188 Å². The zero-order valence-corrected chi connectivity index (χ0v) is 31.6. The Kier molecular flexibility index (Phi) is 19.6. The van der Waals surface area contributed by atoms with Crippen LogP contribution in [-0.4, -0.2) is 22.8 Å². The van der Waals surface area contributed by atoms with E-state index in [-0.39, 0.29) is 0 Å². The Hall–Kier alpha value is -4.62. The number of aromatic amines is 1. The maximum atomic E-state index is 11.4. The van der Waals surface area contributed by atoms with E-state index >= 15 is 0 Å². The second-order valence-electron chi connectivity index (χ2n) is 10.1. The van der Waals surface area contributed by atoms with E-state index in [0.717, 1.165) is 34.3 Å². The largest absolute Gasteiger partial charge is 0.286 e. The monoisotopic (exact) mass is 813 g/mol. The van der Waals surface area contributed by atoms with Gasteiger partial charge in [0.15, 0.2) is 12.6 Å². The number of aromatic nitrogens is 2. The van der Waals surface area contributed by atoms with Gasteiger partial charge in [0.2, 0.25) is 0 Å². The van der Waals surface area contributed by atoms with E-state index in [1.54, 1.807) is 12.4 Å². The van der Waals surface area contributed by atoms with Crippen molar-refractivity contribution in [3.8, 4) is 0 Å². The van der Waals surface area contributed by atoms with Gasteiger partial charge in [0, 0.05) is 23.5 Å². The van der Waals surface area contributed by atoms with Crippen LogP contribution in [0.5, 0.6) is 0 Å². The molecule has 0 amide bonds. The van der Waals surface area contributed by atoms with Crippen molar-refractivity contribution in [1.82, 2.24) is 10.2 Å². The maximum Gasteiger partial charge on any atom is 0.0487 e. The predicted molar refractivity (Wildman–Crippen MR) is 209 cm³/mol. The van der Waals surface area contributed by atoms with Crippen LogP contribution in [0, 0.1) is 6.65 Å². The molecule has 0 saturated carbocycles. The average Bonchev–Trinajstić information content (AvgIpc) is 3.83. The van der Waals surface area contributed by atoms with E-state index in [9.17, 15) is 9.59 Å². The minimum atomic E-state index is -0.704. The third-order valence-electron chi connectivity index (χ3n) is 7.07. The van der Waals surface area contributed by atoms with Gasteiger partial charge in [0.05, 0.1) is 0 Å². The van der Waals surface area contributed by atoms with Crippen molar-refractivity contribution in [2.75, 3.05) is 0 Å². The number of H-pyrrole nitrogens is 1. The van der Waals surface area contributed by atoms with Crippen LogP contribution in [0.1, 0.15) is 20.7 Å². The summed E-state index contributed by atoms with van der Waals surface area (Å²) in [4.78, 5) is 22.8. The van der Waals surface area contributed by atoms with E-state index in [0.29, 0.717) is 0 Å². The van der Waals surface area contributed by atoms with E-state index in [1.165, 1.54) is 21.2 Å². The Morgan fingerprint density at radius 2 is 0.784 bits per heavy atom. The molecule has 255 valence electrons. The molecule has 0 saturated heterocycles. The SMILES string of the molecule is O=Cc1ccccc1P(c1ccccc1)c1ccccc1.O=Cc1ccccc1P(c1ccccc1)c1ccccc1.[C-]#[O+].[Cl][Ru].c1cn[nH]c1. The zero-order valence-electron chi connectivity index (χ0n) is 27.4. The molecule has 0 aliphatic carbocycles. The molecule has 7 rings (SSSR count). The summed E-state index contributed by atoms with van der Waals surface area (Å²) in [5, 5.41) is 13.5. The van der Waals surface area contributed by atoms with Crippen molar-refractivity contribution in [1.29, 1.82) is 0 Å². The summed E-state index contributed by atoms with van der Waals surface area (Å²) in [5.74, 6) is 0. The quantitative estimate of drug-likeness (QED) is 0.0566. The molecule has 0 atom stereocenters. The van der Waals surface area contributed by atoms with Crippen LogP contribution >= 0.6 is 25.5 Å². The molecule has 0 bridgehead atoms. The van der Waals surface area contributed by atoms with Crippen molar-refractivity contribution in [3.05, 3.63) is 206 Å². The summed E-state index contributed by atoms with van der Waals surface area (Å²) < 4.78 is 7.50. The normalized spacial score (nSPS) is 9.61. The molecule has 0 spiro atoms. The molecule has 0 unspecified atom stereocenters. The molecule has 0 radical (unpaired) electrons. The smallest absolute Gasteiger partial charge is 0.0487 e. The number of nitrogens with zero attached hydrogens (tertiary/aromatic N) is 1. The molecule has 0 aliphatic rings. The van der Waals surface area contributed by atoms with Gasteiger partial charge in [-0.25, -0.2) is 0 Å². The first-order valence-electron chi connectivity index (χ1n) is 15.5. The van der Waals surface area contributed by atoms with Gasteiger partial charge in [-0.15, -0.1) is 0 Å². The molecule has 0 fully saturated rings. The van der Waals surface area contributed by atoms with Crippen LogP contribution in [0.3, 0.4) is 0 Å². The van der Waals surface area contributed by atoms with Crippen LogP contribution in [-0.2, 0) is 22.0 Å². The number of hydrogen-bond donors (Lipinski definition) is 1. The molecule has 6 aromatic carbocycles. The van der Waals surface area contributed by atoms with Crippen molar-refractivity contribution in [2.24, 2.45) is 0 Å². The van der Waals surface area contributed by atoms with E-state index in [4.69, 9.17) is 4.65 Å². The molecule has 1 aromatic heterocycles. The summed E-state index contributed by atoms with van der Waals surface area (Å²) in [6, 6.07) is 59.2. The molecule has 51 heavy (non-hydrogen) atoms. The summed E-state index contributed by atoms with van der Waals surface area (Å²) in [5.41, 5.74) is 1.55. The molecular weight excluding hydrogens is 779 g/mol. The Labute approximate surface area is 316 Å². The van der Waals surface area contributed by atoms with Gasteiger partial charge in [-0.05, 0) is 53.7 Å². The number of benzene rings is 6. The number of nitrogens with one attached hydrogen (secondary N) is 1. The fourth-order valence-electron chi connectivity index (χ4n) is 4.96. The zero-order chi connectivity index (χ0) is 36.5. The van der Waals surface area contributed by atoms with Gasteiger partial charge >= 0.3 is 38.3 Å². The molecule has 9 heteroatoms. The van der Waals surface area contributed by atoms with Gasteiger partial charge < -0.3 is 0 Å². The van der Waals surface area contributed by atoms with Crippen molar-refractivity contribution < 1.29 is 31.6 Å². The fraction of sp³-hybridized carbons (Fsp3) is 0. The Morgan fingerprint density at radius 3 is 1.02 bits per heavy atom. The summed E-state index contributed by atoms with van der Waals surface area (Å²) >= 11 is 1.82. The second kappa shape index (κ2) is 24.5. The van der Waals surface area contributed by atoms with Gasteiger partial charge in [-0.2, -0.15) is 5.10 Å². The minimum absolute atomic E-state index is 0.704. The molecular formula is C42H34ClN2O3P2Ru. The Balaban J connectivity index is 0.000000223. The van der Waals surface area contributed by atoms with Gasteiger partial charge in [-0.3, -0.25) is 14.7 Å². The standard InChI is InChI=1S/2C19H15OP.C3H4N2.CO.ClH.Ru/c2*20-15-16-9-7-8-14-19(16)21(17-10-3-1-4-11-17)18-12-5-2-6-13-18;1-2-4-5-3-1;1-2;;/h2*1-15H;1-3H,(H,4,5);;1H;/q;;;;;+1/p-1. The number of hydrogen-bond acceptors (Lipinski definition) is 3. The number of aldehydes is 2. The van der Waals surface area contributed by atoms with Crippen LogP contribution < -0.4 is 31.8 Å². The van der Waals surface area contributed by atoms with Crippen LogP contribution in [0.25, 0.3) is 0 Å². The first-order chi connectivity index (χ1) is 25.3. The molecule has 5 nitrogen and oxygen atoms in total. The molecule has 1 N–H and O–H groups in total. The minimum Gasteiger partial charge on any atom is -0.286 e. The summed E-state index contributed by atoms with van der Waals surface area (Å²) in [7, 11) is 3.16. The predicted octanol–water partition coefficient (Wildman–Crippen LogP) is 7.57. The third-order valence-corrected chi connectivity index (χ3v) is 12.1. The van der Waals surface area contributed by atoms with E-state index < -0.39 is 15.8 Å². The summed E-state index contributed by atoms with van der Waals surface area (Å²) in [6.45, 7) is 4.50. The first-order valence-corrected chi connectivity index (χ1v) is 20.4. The molecule has 1 heterocycles. The summed E-state index contributed by atoms with van der Waals surface area (Å²) in [6.07, 6.45) is 5.37. The van der Waals surface area contributed by atoms with Crippen molar-refractivity contribution >= 4 is 69.9 Å². The number of carbonyl (C=O) groups is 2. The average molecular weight is 813 g/mol. The van der Waals surface area contributed by atoms with Gasteiger partial charge in [0.1, 0.15) is 0 Å². The number of halogens is 1. The van der Waals surface area contributed by atoms with Crippen molar-refractivity contribution in [2.45, 2.75) is 0 Å². The second-order valence-corrected chi connectivity index (χ2v) is 14.5. The van der Waals surface area contributed by atoms with Crippen LogP contribution in [0.4, 0.5) is 0 Å². The van der Waals surface area contributed by atoms with Crippen LogP contribution in [0.2, 0.25) is 0 Å². The van der Waals surface area contributed by atoms with Gasteiger partial charge in [0.25, 0.3) is 0 Å².